The van der Waals surface area contributed by atoms with Crippen LogP contribution in [0.25, 0.3) is 10.9 Å². The van der Waals surface area contributed by atoms with E-state index in [-0.39, 0.29) is 43.0 Å². The standard InChI is InChI=1S/C35H39Cl2N7O5/c1-5-19(3)28(42-34(47)48-18-21-10-8-7-9-11-21)31(45)43-35(33(46)41-29(20(4)6-2)32-40-27(17-38)44-49-32)13-12-26-24(16-35)23-14-22(36)15-25(37)30(23)39-26/h7-11,14-15,19-20,28-29,39H,5-6,12-13,16,18H2,1-4H3,(H,41,46)(H,42,47)(H,43,45)/t19-,20-,28?,29?,35+/m0/s1. The molecule has 1 aliphatic rings. The number of aryl methyl sites for hydroxylation is 1. The van der Waals surface area contributed by atoms with Crippen LogP contribution in [0.1, 0.15) is 81.5 Å². The summed E-state index contributed by atoms with van der Waals surface area (Å²) in [6.45, 7) is 7.65. The van der Waals surface area contributed by atoms with Crippen molar-refractivity contribution in [2.45, 2.75) is 84.0 Å². The number of nitriles is 1. The first kappa shape index (κ1) is 35.7. The van der Waals surface area contributed by atoms with E-state index in [1.165, 1.54) is 0 Å². The van der Waals surface area contributed by atoms with Crippen LogP contribution in [-0.4, -0.2) is 44.6 Å². The summed E-state index contributed by atoms with van der Waals surface area (Å²) in [6, 6.07) is 12.7. The highest BCUT2D eigenvalue weighted by Gasteiger charge is 2.47. The molecular weight excluding hydrogens is 669 g/mol. The molecule has 0 aliphatic heterocycles. The summed E-state index contributed by atoms with van der Waals surface area (Å²) in [5, 5.41) is 23.5. The average Bonchev–Trinajstić information content (AvgIpc) is 3.73. The Morgan fingerprint density at radius 1 is 1.10 bits per heavy atom. The fourth-order valence-electron chi connectivity index (χ4n) is 6.11. The van der Waals surface area contributed by atoms with E-state index in [0.29, 0.717) is 34.8 Å². The molecule has 14 heteroatoms. The Kier molecular flexibility index (Phi) is 11.2. The summed E-state index contributed by atoms with van der Waals surface area (Å²) in [5.41, 5.74) is 1.69. The van der Waals surface area contributed by atoms with Gasteiger partial charge in [-0.15, -0.1) is 0 Å². The first-order chi connectivity index (χ1) is 23.5. The zero-order valence-corrected chi connectivity index (χ0v) is 29.2. The molecule has 12 nitrogen and oxygen atoms in total. The molecule has 1 aliphatic carbocycles. The van der Waals surface area contributed by atoms with Crippen LogP contribution in [0.2, 0.25) is 10.0 Å². The van der Waals surface area contributed by atoms with Gasteiger partial charge in [-0.1, -0.05) is 94.1 Å². The van der Waals surface area contributed by atoms with E-state index >= 15 is 0 Å². The lowest BCUT2D eigenvalue weighted by Gasteiger charge is -2.39. The normalized spacial score (nSPS) is 18.0. The lowest BCUT2D eigenvalue weighted by atomic mass is 9.78. The smallest absolute Gasteiger partial charge is 0.408 e. The summed E-state index contributed by atoms with van der Waals surface area (Å²) in [6.07, 6.45) is 1.18. The number of amides is 3. The Bertz CT molecular complexity index is 1870. The van der Waals surface area contributed by atoms with Crippen LogP contribution in [0.5, 0.6) is 0 Å². The fraction of sp³-hybridized carbons (Fsp3) is 0.429. The number of H-pyrrole nitrogens is 1. The SMILES string of the molecule is CC[C@H](C)C(NC(=O)OCc1ccccc1)C(=O)N[C@]1(C(=O)NC(c2nc(C#N)no2)[C@@H](C)CC)CCc2[nH]c3c(Cl)cc(Cl)cc3c2C1. The van der Waals surface area contributed by atoms with Crippen LogP contribution in [0.15, 0.2) is 47.0 Å². The van der Waals surface area contributed by atoms with Crippen molar-refractivity contribution in [2.75, 3.05) is 0 Å². The van der Waals surface area contributed by atoms with E-state index < -0.39 is 35.5 Å². The van der Waals surface area contributed by atoms with Gasteiger partial charge in [-0.3, -0.25) is 9.59 Å². The predicted octanol–water partition coefficient (Wildman–Crippen LogP) is 6.32. The van der Waals surface area contributed by atoms with Crippen molar-refractivity contribution in [3.05, 3.63) is 81.0 Å². The molecule has 0 saturated heterocycles. The van der Waals surface area contributed by atoms with Gasteiger partial charge in [0.25, 0.3) is 5.82 Å². The molecule has 3 amide bonds. The van der Waals surface area contributed by atoms with Gasteiger partial charge in [0.2, 0.25) is 17.7 Å². The molecule has 0 radical (unpaired) electrons. The maximum atomic E-state index is 14.6. The Labute approximate surface area is 294 Å². The number of hydrogen-bond acceptors (Lipinski definition) is 8. The second-order valence-corrected chi connectivity index (χ2v) is 13.5. The molecule has 49 heavy (non-hydrogen) atoms. The van der Waals surface area contributed by atoms with Gasteiger partial charge in [0, 0.05) is 22.5 Å². The number of nitrogens with one attached hydrogen (secondary N) is 4. The molecule has 2 heterocycles. The molecule has 0 bridgehead atoms. The minimum Gasteiger partial charge on any atom is -0.445 e. The number of carbonyl (C=O) groups is 3. The maximum absolute atomic E-state index is 14.6. The van der Waals surface area contributed by atoms with Crippen LogP contribution in [0, 0.1) is 23.2 Å². The lowest BCUT2D eigenvalue weighted by molar-refractivity contribution is -0.136. The Morgan fingerprint density at radius 2 is 1.84 bits per heavy atom. The quantitative estimate of drug-likeness (QED) is 0.132. The average molecular weight is 709 g/mol. The zero-order chi connectivity index (χ0) is 35.3. The van der Waals surface area contributed by atoms with Gasteiger partial charge < -0.3 is 30.2 Å². The number of nitrogens with zero attached hydrogens (tertiary/aromatic N) is 3. The monoisotopic (exact) mass is 707 g/mol. The second-order valence-electron chi connectivity index (χ2n) is 12.6. The molecular formula is C35H39Cl2N7O5. The molecule has 5 atom stereocenters. The minimum absolute atomic E-state index is 0.0303. The number of benzene rings is 2. The molecule has 0 saturated carbocycles. The molecule has 258 valence electrons. The molecule has 2 unspecified atom stereocenters. The number of hydrogen-bond donors (Lipinski definition) is 4. The maximum Gasteiger partial charge on any atom is 0.408 e. The van der Waals surface area contributed by atoms with Crippen molar-refractivity contribution in [1.82, 2.24) is 31.1 Å². The van der Waals surface area contributed by atoms with Gasteiger partial charge >= 0.3 is 6.09 Å². The first-order valence-electron chi connectivity index (χ1n) is 16.3. The Balaban J connectivity index is 1.48. The van der Waals surface area contributed by atoms with Gasteiger partial charge in [-0.05, 0) is 53.1 Å². The topological polar surface area (TPSA) is 175 Å². The predicted molar refractivity (Wildman–Crippen MR) is 184 cm³/mol. The highest BCUT2D eigenvalue weighted by Crippen LogP contribution is 2.39. The van der Waals surface area contributed by atoms with Gasteiger partial charge in [0.05, 0.1) is 10.5 Å². The van der Waals surface area contributed by atoms with E-state index in [9.17, 15) is 19.6 Å². The molecule has 2 aromatic carbocycles. The molecule has 5 rings (SSSR count). The van der Waals surface area contributed by atoms with Crippen molar-refractivity contribution in [1.29, 1.82) is 5.26 Å². The fourth-order valence-corrected chi connectivity index (χ4v) is 6.65. The molecule has 4 N–H and O–H groups in total. The van der Waals surface area contributed by atoms with Crippen molar-refractivity contribution >= 4 is 52.0 Å². The number of fused-ring (bicyclic) bond motifs is 3. The summed E-state index contributed by atoms with van der Waals surface area (Å²) in [5.74, 6) is -1.55. The number of alkyl carbamates (subject to hydrolysis) is 1. The summed E-state index contributed by atoms with van der Waals surface area (Å²) >= 11 is 12.9. The third-order valence-corrected chi connectivity index (χ3v) is 9.90. The van der Waals surface area contributed by atoms with E-state index in [2.05, 4.69) is 31.1 Å². The third kappa shape index (κ3) is 7.84. The van der Waals surface area contributed by atoms with Gasteiger partial charge in [0.15, 0.2) is 0 Å². The Morgan fingerprint density at radius 3 is 2.51 bits per heavy atom. The highest BCUT2D eigenvalue weighted by atomic mass is 35.5. The third-order valence-electron chi connectivity index (χ3n) is 9.39. The number of ether oxygens (including phenoxy) is 1. The largest absolute Gasteiger partial charge is 0.445 e. The van der Waals surface area contributed by atoms with E-state index in [1.807, 2.05) is 64.1 Å². The molecule has 4 aromatic rings. The summed E-state index contributed by atoms with van der Waals surface area (Å²) in [4.78, 5) is 49.4. The second kappa shape index (κ2) is 15.3. The summed E-state index contributed by atoms with van der Waals surface area (Å²) in [7, 11) is 0. The highest BCUT2D eigenvalue weighted by molar-refractivity contribution is 6.38. The zero-order valence-electron chi connectivity index (χ0n) is 27.7. The van der Waals surface area contributed by atoms with E-state index in [1.54, 1.807) is 12.1 Å². The van der Waals surface area contributed by atoms with Gasteiger partial charge in [-0.25, -0.2) is 4.79 Å². The van der Waals surface area contributed by atoms with Crippen molar-refractivity contribution in [3.63, 3.8) is 0 Å². The number of rotatable bonds is 12. The van der Waals surface area contributed by atoms with Crippen LogP contribution in [-0.2, 0) is 33.8 Å². The van der Waals surface area contributed by atoms with Crippen molar-refractivity contribution in [3.8, 4) is 6.07 Å². The molecule has 0 spiro atoms. The number of halogens is 2. The van der Waals surface area contributed by atoms with E-state index in [4.69, 9.17) is 32.5 Å². The first-order valence-corrected chi connectivity index (χ1v) is 17.1. The van der Waals surface area contributed by atoms with Crippen molar-refractivity contribution in [2.24, 2.45) is 11.8 Å². The van der Waals surface area contributed by atoms with Crippen LogP contribution < -0.4 is 16.0 Å². The minimum atomic E-state index is -1.47. The summed E-state index contributed by atoms with van der Waals surface area (Å²) < 4.78 is 10.8. The molecule has 0 fully saturated rings. The molecule has 2 aromatic heterocycles. The van der Waals surface area contributed by atoms with Crippen LogP contribution in [0.4, 0.5) is 4.79 Å². The van der Waals surface area contributed by atoms with Crippen molar-refractivity contribution < 1.29 is 23.6 Å². The number of carbonyl (C=O) groups excluding carboxylic acids is 3. The Hall–Kier alpha value is -4.60. The number of aromatic nitrogens is 3. The van der Waals surface area contributed by atoms with E-state index in [0.717, 1.165) is 22.2 Å². The van der Waals surface area contributed by atoms with Crippen LogP contribution in [0.3, 0.4) is 0 Å². The van der Waals surface area contributed by atoms with Gasteiger partial charge in [0.1, 0.15) is 30.3 Å². The lowest BCUT2D eigenvalue weighted by Crippen LogP contribution is -2.65. The number of aromatic amines is 1. The van der Waals surface area contributed by atoms with Crippen LogP contribution >= 0.6 is 23.2 Å². The van der Waals surface area contributed by atoms with Gasteiger partial charge in [-0.2, -0.15) is 10.2 Å².